The molecule has 0 atom stereocenters. The average molecular weight is 403 g/mol. The number of anilines is 1. The molecule has 2 rings (SSSR count). The number of carbonyl (C=O) groups is 4. The lowest BCUT2D eigenvalue weighted by atomic mass is 10.2. The molecular weight excluding hydrogens is 382 g/mol. The van der Waals surface area contributed by atoms with Crippen molar-refractivity contribution < 1.29 is 23.9 Å². The highest BCUT2D eigenvalue weighted by atomic mass is 32.1. The Bertz CT molecular complexity index is 819. The van der Waals surface area contributed by atoms with Crippen LogP contribution >= 0.6 is 11.3 Å². The lowest BCUT2D eigenvalue weighted by molar-refractivity contribution is -0.139. The molecule has 1 heterocycles. The Balaban J connectivity index is 1.69. The van der Waals surface area contributed by atoms with Gasteiger partial charge in [0.15, 0.2) is 0 Å². The number of hydrogen-bond donors (Lipinski definition) is 3. The first-order chi connectivity index (χ1) is 13.5. The minimum Gasteiger partial charge on any atom is -0.468 e. The molecule has 0 unspecified atom stereocenters. The lowest BCUT2D eigenvalue weighted by Gasteiger charge is -2.08. The highest BCUT2D eigenvalue weighted by molar-refractivity contribution is 7.12. The SMILES string of the molecule is COC(=O)CNC(=O)c1ccc(NC(=O)CCCNC(=O)c2cccs2)cc1. The fraction of sp³-hybridized carbons (Fsp3) is 0.263. The molecule has 1 aromatic carbocycles. The molecule has 0 spiro atoms. The standard InChI is InChI=1S/C19H21N3O5S/c1-27-17(24)12-21-18(25)13-6-8-14(9-7-13)22-16(23)5-2-10-20-19(26)15-4-3-11-28-15/h3-4,6-9,11H,2,5,10,12H2,1H3,(H,20,26)(H,21,25)(H,22,23). The molecule has 0 saturated heterocycles. The van der Waals surface area contributed by atoms with Crippen LogP contribution in [0.25, 0.3) is 0 Å². The van der Waals surface area contributed by atoms with Crippen LogP contribution in [0.5, 0.6) is 0 Å². The van der Waals surface area contributed by atoms with Crippen LogP contribution in [0.15, 0.2) is 41.8 Å². The highest BCUT2D eigenvalue weighted by Gasteiger charge is 2.09. The Morgan fingerprint density at radius 3 is 2.39 bits per heavy atom. The van der Waals surface area contributed by atoms with Gasteiger partial charge in [-0.25, -0.2) is 0 Å². The average Bonchev–Trinajstić information content (AvgIpc) is 3.24. The Labute approximate surface area is 166 Å². The molecule has 0 bridgehead atoms. The number of esters is 1. The summed E-state index contributed by atoms with van der Waals surface area (Å²) in [6.45, 7) is 0.195. The van der Waals surface area contributed by atoms with E-state index in [4.69, 9.17) is 0 Å². The van der Waals surface area contributed by atoms with Crippen molar-refractivity contribution in [3.63, 3.8) is 0 Å². The van der Waals surface area contributed by atoms with Gasteiger partial charge in [-0.3, -0.25) is 19.2 Å². The predicted octanol–water partition coefficient (Wildman–Crippen LogP) is 1.80. The van der Waals surface area contributed by atoms with Gasteiger partial charge in [0.25, 0.3) is 11.8 Å². The Morgan fingerprint density at radius 1 is 1.00 bits per heavy atom. The van der Waals surface area contributed by atoms with E-state index in [1.54, 1.807) is 36.4 Å². The van der Waals surface area contributed by atoms with Crippen molar-refractivity contribution in [2.45, 2.75) is 12.8 Å². The van der Waals surface area contributed by atoms with Crippen LogP contribution in [-0.2, 0) is 14.3 Å². The van der Waals surface area contributed by atoms with Crippen LogP contribution in [0.1, 0.15) is 32.9 Å². The van der Waals surface area contributed by atoms with Crippen LogP contribution in [0.2, 0.25) is 0 Å². The van der Waals surface area contributed by atoms with E-state index in [1.165, 1.54) is 18.4 Å². The van der Waals surface area contributed by atoms with Crippen molar-refractivity contribution in [1.29, 1.82) is 0 Å². The van der Waals surface area contributed by atoms with E-state index in [9.17, 15) is 19.2 Å². The summed E-state index contributed by atoms with van der Waals surface area (Å²) < 4.78 is 4.45. The van der Waals surface area contributed by atoms with E-state index < -0.39 is 11.9 Å². The Kier molecular flexibility index (Phi) is 8.16. The van der Waals surface area contributed by atoms with E-state index in [0.717, 1.165) is 0 Å². The predicted molar refractivity (Wildman–Crippen MR) is 105 cm³/mol. The second-order valence-electron chi connectivity index (χ2n) is 5.72. The molecule has 1 aromatic heterocycles. The first-order valence-corrected chi connectivity index (χ1v) is 9.44. The molecule has 3 amide bonds. The van der Waals surface area contributed by atoms with Gasteiger partial charge in [-0.15, -0.1) is 11.3 Å². The van der Waals surface area contributed by atoms with Gasteiger partial charge in [0, 0.05) is 24.2 Å². The van der Waals surface area contributed by atoms with E-state index >= 15 is 0 Å². The molecule has 3 N–H and O–H groups in total. The van der Waals surface area contributed by atoms with E-state index in [-0.39, 0.29) is 24.8 Å². The van der Waals surface area contributed by atoms with E-state index in [1.807, 2.05) is 5.38 Å². The second-order valence-corrected chi connectivity index (χ2v) is 6.67. The molecule has 0 aliphatic carbocycles. The van der Waals surface area contributed by atoms with Gasteiger partial charge in [-0.2, -0.15) is 0 Å². The fourth-order valence-electron chi connectivity index (χ4n) is 2.20. The molecule has 0 aliphatic rings. The molecule has 8 nitrogen and oxygen atoms in total. The van der Waals surface area contributed by atoms with Gasteiger partial charge in [-0.1, -0.05) is 6.07 Å². The number of methoxy groups -OCH3 is 1. The zero-order chi connectivity index (χ0) is 20.4. The first-order valence-electron chi connectivity index (χ1n) is 8.56. The monoisotopic (exact) mass is 403 g/mol. The number of benzene rings is 1. The van der Waals surface area contributed by atoms with E-state index in [2.05, 4.69) is 20.7 Å². The summed E-state index contributed by atoms with van der Waals surface area (Å²) in [6, 6.07) is 9.84. The molecule has 0 aliphatic heterocycles. The van der Waals surface area contributed by atoms with Crippen molar-refractivity contribution in [2.24, 2.45) is 0 Å². The molecule has 9 heteroatoms. The number of nitrogens with one attached hydrogen (secondary N) is 3. The van der Waals surface area contributed by atoms with Crippen LogP contribution in [0.3, 0.4) is 0 Å². The minimum absolute atomic E-state index is 0.142. The third kappa shape index (κ3) is 6.84. The van der Waals surface area contributed by atoms with Gasteiger partial charge in [0.05, 0.1) is 12.0 Å². The maximum atomic E-state index is 12.0. The molecule has 0 saturated carbocycles. The summed E-state index contributed by atoms with van der Waals surface area (Å²) in [4.78, 5) is 47.3. The molecular formula is C19H21N3O5S. The van der Waals surface area contributed by atoms with E-state index in [0.29, 0.717) is 29.1 Å². The smallest absolute Gasteiger partial charge is 0.325 e. The first kappa shape index (κ1) is 21.1. The zero-order valence-corrected chi connectivity index (χ0v) is 16.1. The number of amides is 3. The van der Waals surface area contributed by atoms with Crippen molar-refractivity contribution >= 4 is 40.7 Å². The molecule has 2 aromatic rings. The summed E-state index contributed by atoms with van der Waals surface area (Å²) >= 11 is 1.36. The third-order valence-electron chi connectivity index (χ3n) is 3.66. The Morgan fingerprint density at radius 2 is 1.75 bits per heavy atom. The number of hydrogen-bond acceptors (Lipinski definition) is 6. The zero-order valence-electron chi connectivity index (χ0n) is 15.3. The van der Waals surface area contributed by atoms with Gasteiger partial charge in [-0.05, 0) is 42.1 Å². The van der Waals surface area contributed by atoms with Crippen LogP contribution in [-0.4, -0.2) is 43.9 Å². The van der Waals surface area contributed by atoms with Gasteiger partial charge < -0.3 is 20.7 Å². The number of carbonyl (C=O) groups excluding carboxylic acids is 4. The summed E-state index contributed by atoms with van der Waals surface area (Å²) in [5.74, 6) is -1.28. The van der Waals surface area contributed by atoms with Crippen LogP contribution in [0, 0.1) is 0 Å². The van der Waals surface area contributed by atoms with Gasteiger partial charge in [0.1, 0.15) is 6.54 Å². The molecule has 148 valence electrons. The van der Waals surface area contributed by atoms with Gasteiger partial charge >= 0.3 is 5.97 Å². The molecule has 0 radical (unpaired) electrons. The quantitative estimate of drug-likeness (QED) is 0.436. The Hall–Kier alpha value is -3.20. The second kappa shape index (κ2) is 10.8. The van der Waals surface area contributed by atoms with Crippen molar-refractivity contribution in [1.82, 2.24) is 10.6 Å². The normalized spacial score (nSPS) is 10.0. The third-order valence-corrected chi connectivity index (χ3v) is 4.53. The molecule has 0 fully saturated rings. The largest absolute Gasteiger partial charge is 0.468 e. The number of rotatable bonds is 9. The topological polar surface area (TPSA) is 114 Å². The molecule has 28 heavy (non-hydrogen) atoms. The fourth-order valence-corrected chi connectivity index (χ4v) is 2.84. The summed E-state index contributed by atoms with van der Waals surface area (Å²) in [7, 11) is 1.24. The summed E-state index contributed by atoms with van der Waals surface area (Å²) in [5, 5.41) is 9.75. The van der Waals surface area contributed by atoms with Crippen LogP contribution in [0.4, 0.5) is 5.69 Å². The van der Waals surface area contributed by atoms with Crippen molar-refractivity contribution in [3.8, 4) is 0 Å². The number of ether oxygens (including phenoxy) is 1. The van der Waals surface area contributed by atoms with Crippen LogP contribution < -0.4 is 16.0 Å². The minimum atomic E-state index is -0.538. The van der Waals surface area contributed by atoms with Crippen molar-refractivity contribution in [2.75, 3.05) is 25.5 Å². The lowest BCUT2D eigenvalue weighted by Crippen LogP contribution is -2.30. The van der Waals surface area contributed by atoms with Gasteiger partial charge in [0.2, 0.25) is 5.91 Å². The van der Waals surface area contributed by atoms with Crippen molar-refractivity contribution in [3.05, 3.63) is 52.2 Å². The highest BCUT2D eigenvalue weighted by Crippen LogP contribution is 2.11. The summed E-state index contributed by atoms with van der Waals surface area (Å²) in [5.41, 5.74) is 0.912. The maximum absolute atomic E-state index is 12.0. The maximum Gasteiger partial charge on any atom is 0.325 e. The summed E-state index contributed by atoms with van der Waals surface area (Å²) in [6.07, 6.45) is 0.767. The number of thiophene rings is 1.